The van der Waals surface area contributed by atoms with Gasteiger partial charge in [-0.05, 0) is 17.7 Å². The molecule has 1 amide bonds. The van der Waals surface area contributed by atoms with E-state index >= 15 is 0 Å². The largest absolute Gasteiger partial charge is 0.507 e. The highest BCUT2D eigenvalue weighted by atomic mass is 16.3. The van der Waals surface area contributed by atoms with Gasteiger partial charge in [-0.25, -0.2) is 0 Å². The highest BCUT2D eigenvalue weighted by Crippen LogP contribution is 2.27. The fraction of sp³-hybridized carbons (Fsp3) is 0.250. The second-order valence-electron chi connectivity index (χ2n) is 3.83. The van der Waals surface area contributed by atoms with Crippen molar-refractivity contribution in [3.8, 4) is 5.75 Å². The third-order valence-electron chi connectivity index (χ3n) is 2.58. The summed E-state index contributed by atoms with van der Waals surface area (Å²) >= 11 is 0. The van der Waals surface area contributed by atoms with Gasteiger partial charge in [-0.15, -0.1) is 0 Å². The van der Waals surface area contributed by atoms with Crippen molar-refractivity contribution in [3.05, 3.63) is 30.0 Å². The molecule has 5 N–H and O–H groups in total. The summed E-state index contributed by atoms with van der Waals surface area (Å²) in [7, 11) is 0. The topological polar surface area (TPSA) is 91.1 Å². The highest BCUT2D eigenvalue weighted by molar-refractivity contribution is 5.92. The molecule has 0 aliphatic rings. The molecule has 0 bridgehead atoms. The van der Waals surface area contributed by atoms with E-state index in [2.05, 4.69) is 10.3 Å². The van der Waals surface area contributed by atoms with Gasteiger partial charge in [0.1, 0.15) is 5.75 Å². The summed E-state index contributed by atoms with van der Waals surface area (Å²) in [6.07, 6.45) is 1.98. The van der Waals surface area contributed by atoms with E-state index in [0.717, 1.165) is 11.1 Å². The molecule has 90 valence electrons. The Labute approximate surface area is 98.6 Å². The molecular weight excluding hydrogens is 218 g/mol. The number of rotatable bonds is 4. The van der Waals surface area contributed by atoms with Gasteiger partial charge in [0.2, 0.25) is 5.91 Å². The maximum absolute atomic E-state index is 11.6. The van der Waals surface area contributed by atoms with Gasteiger partial charge in [-0.2, -0.15) is 0 Å². The molecule has 1 heterocycles. The van der Waals surface area contributed by atoms with Crippen LogP contribution in [0, 0.1) is 0 Å². The highest BCUT2D eigenvalue weighted by Gasteiger charge is 2.10. The fourth-order valence-electron chi connectivity index (χ4n) is 1.82. The minimum atomic E-state index is -0.0976. The monoisotopic (exact) mass is 233 g/mol. The number of aromatic hydroxyl groups is 1. The molecule has 0 fully saturated rings. The molecule has 2 rings (SSSR count). The molecule has 0 radical (unpaired) electrons. The summed E-state index contributed by atoms with van der Waals surface area (Å²) in [6.45, 7) is 0.887. The van der Waals surface area contributed by atoms with Crippen molar-refractivity contribution >= 4 is 16.8 Å². The Morgan fingerprint density at radius 1 is 1.47 bits per heavy atom. The first-order valence-electron chi connectivity index (χ1n) is 5.47. The summed E-state index contributed by atoms with van der Waals surface area (Å²) in [4.78, 5) is 14.6. The number of carbonyl (C=O) groups excluding carboxylic acids is 1. The first kappa shape index (κ1) is 11.5. The molecule has 0 saturated carbocycles. The Morgan fingerprint density at radius 2 is 2.29 bits per heavy atom. The molecule has 5 heteroatoms. The second kappa shape index (κ2) is 4.88. The van der Waals surface area contributed by atoms with Crippen molar-refractivity contribution in [1.82, 2.24) is 10.3 Å². The Hall–Kier alpha value is -2.01. The second-order valence-corrected chi connectivity index (χ2v) is 3.83. The van der Waals surface area contributed by atoms with Gasteiger partial charge in [0.15, 0.2) is 0 Å². The van der Waals surface area contributed by atoms with E-state index in [1.807, 2.05) is 6.07 Å². The number of hydrogen-bond acceptors (Lipinski definition) is 3. The lowest BCUT2D eigenvalue weighted by molar-refractivity contribution is -0.120. The predicted octanol–water partition coefficient (Wildman–Crippen LogP) is 0.491. The quantitative estimate of drug-likeness (QED) is 0.619. The molecule has 0 atom stereocenters. The average molecular weight is 233 g/mol. The van der Waals surface area contributed by atoms with Gasteiger partial charge in [-0.1, -0.05) is 6.07 Å². The van der Waals surface area contributed by atoms with Gasteiger partial charge in [0, 0.05) is 30.2 Å². The number of fused-ring (bicyclic) bond motifs is 1. The molecule has 0 spiro atoms. The molecule has 2 aromatic rings. The fourth-order valence-corrected chi connectivity index (χ4v) is 1.82. The maximum Gasteiger partial charge on any atom is 0.224 e. The summed E-state index contributed by atoms with van der Waals surface area (Å²) in [5.74, 6) is 0.0879. The average Bonchev–Trinajstić information content (AvgIpc) is 2.71. The molecule has 1 aromatic carbocycles. The summed E-state index contributed by atoms with van der Waals surface area (Å²) in [5, 5.41) is 13.2. The van der Waals surface area contributed by atoms with E-state index in [1.165, 1.54) is 0 Å². The lowest BCUT2D eigenvalue weighted by atomic mass is 10.1. The normalized spacial score (nSPS) is 10.6. The van der Waals surface area contributed by atoms with Crippen LogP contribution in [0.25, 0.3) is 10.9 Å². The molecule has 0 unspecified atom stereocenters. The third-order valence-corrected chi connectivity index (χ3v) is 2.58. The molecule has 0 aliphatic heterocycles. The van der Waals surface area contributed by atoms with Gasteiger partial charge in [0.05, 0.1) is 6.42 Å². The van der Waals surface area contributed by atoms with Crippen molar-refractivity contribution in [2.45, 2.75) is 6.42 Å². The molecule has 0 saturated heterocycles. The Kier molecular flexibility index (Phi) is 3.30. The van der Waals surface area contributed by atoms with Crippen LogP contribution in [0.15, 0.2) is 24.4 Å². The zero-order valence-electron chi connectivity index (χ0n) is 9.36. The minimum Gasteiger partial charge on any atom is -0.507 e. The van der Waals surface area contributed by atoms with Crippen LogP contribution >= 0.6 is 0 Å². The molecule has 1 aromatic heterocycles. The summed E-state index contributed by atoms with van der Waals surface area (Å²) < 4.78 is 0. The lowest BCUT2D eigenvalue weighted by Gasteiger charge is -2.03. The number of phenolic OH excluding ortho intramolecular Hbond substituents is 1. The van der Waals surface area contributed by atoms with Crippen molar-refractivity contribution in [2.75, 3.05) is 13.1 Å². The van der Waals surface area contributed by atoms with E-state index in [4.69, 9.17) is 5.73 Å². The maximum atomic E-state index is 11.6. The van der Waals surface area contributed by atoms with Crippen LogP contribution in [0.5, 0.6) is 5.75 Å². The van der Waals surface area contributed by atoms with E-state index in [9.17, 15) is 9.90 Å². The van der Waals surface area contributed by atoms with Crippen LogP contribution in [-0.4, -0.2) is 29.1 Å². The number of aromatic amines is 1. The standard InChI is InChI=1S/C12H15N3O2/c13-4-5-14-11(17)6-8-7-15-9-2-1-3-10(16)12(8)9/h1-3,7,15-16H,4-6,13H2,(H,14,17). The number of aromatic nitrogens is 1. The van der Waals surface area contributed by atoms with Gasteiger partial charge >= 0.3 is 0 Å². The predicted molar refractivity (Wildman–Crippen MR) is 65.7 cm³/mol. The van der Waals surface area contributed by atoms with Gasteiger partial charge in [0.25, 0.3) is 0 Å². The van der Waals surface area contributed by atoms with Crippen molar-refractivity contribution in [1.29, 1.82) is 0 Å². The smallest absolute Gasteiger partial charge is 0.224 e. The van der Waals surface area contributed by atoms with E-state index in [0.29, 0.717) is 18.5 Å². The van der Waals surface area contributed by atoms with Crippen molar-refractivity contribution in [3.63, 3.8) is 0 Å². The van der Waals surface area contributed by atoms with Crippen LogP contribution in [0.3, 0.4) is 0 Å². The van der Waals surface area contributed by atoms with Crippen molar-refractivity contribution in [2.24, 2.45) is 5.73 Å². The summed E-state index contributed by atoms with van der Waals surface area (Å²) in [6, 6.07) is 5.22. The number of benzene rings is 1. The SMILES string of the molecule is NCCNC(=O)Cc1c[nH]c2cccc(O)c12. The minimum absolute atomic E-state index is 0.0976. The van der Waals surface area contributed by atoms with Gasteiger partial charge < -0.3 is 21.1 Å². The Morgan fingerprint density at radius 3 is 3.06 bits per heavy atom. The number of hydrogen-bond donors (Lipinski definition) is 4. The van der Waals surface area contributed by atoms with Crippen LogP contribution < -0.4 is 11.1 Å². The Bertz CT molecular complexity index is 534. The van der Waals surface area contributed by atoms with Crippen LogP contribution in [0.1, 0.15) is 5.56 Å². The van der Waals surface area contributed by atoms with Crippen LogP contribution in [-0.2, 0) is 11.2 Å². The molecule has 0 aliphatic carbocycles. The number of H-pyrrole nitrogens is 1. The first-order chi connectivity index (χ1) is 8.22. The molecule has 5 nitrogen and oxygen atoms in total. The number of nitrogens with two attached hydrogens (primary N) is 1. The van der Waals surface area contributed by atoms with Crippen LogP contribution in [0.2, 0.25) is 0 Å². The molecular formula is C12H15N3O2. The number of carbonyl (C=O) groups is 1. The van der Waals surface area contributed by atoms with E-state index in [-0.39, 0.29) is 18.1 Å². The summed E-state index contributed by atoms with van der Waals surface area (Å²) in [5.41, 5.74) is 6.91. The van der Waals surface area contributed by atoms with E-state index in [1.54, 1.807) is 18.3 Å². The number of nitrogens with one attached hydrogen (secondary N) is 2. The molecule has 17 heavy (non-hydrogen) atoms. The zero-order valence-corrected chi connectivity index (χ0v) is 9.36. The van der Waals surface area contributed by atoms with Crippen LogP contribution in [0.4, 0.5) is 0 Å². The third kappa shape index (κ3) is 2.39. The lowest BCUT2D eigenvalue weighted by Crippen LogP contribution is -2.30. The van der Waals surface area contributed by atoms with Crippen molar-refractivity contribution < 1.29 is 9.90 Å². The number of phenols is 1. The van der Waals surface area contributed by atoms with Gasteiger partial charge in [-0.3, -0.25) is 4.79 Å². The Balaban J connectivity index is 2.22. The number of amides is 1. The first-order valence-corrected chi connectivity index (χ1v) is 5.47. The van der Waals surface area contributed by atoms with E-state index < -0.39 is 0 Å². The zero-order chi connectivity index (χ0) is 12.3.